The van der Waals surface area contributed by atoms with Crippen LogP contribution in [0.5, 0.6) is 0 Å². The van der Waals surface area contributed by atoms with Gasteiger partial charge >= 0.3 is 0 Å². The molecule has 9 heteroatoms. The Morgan fingerprint density at radius 1 is 0.947 bits per heavy atom. The number of nitrogens with one attached hydrogen (secondary N) is 1. The molecule has 3 rings (SSSR count). The minimum Gasteiger partial charge on any atom is -0.352 e. The monoisotopic (exact) mass is 555 g/mol. The average Bonchev–Trinajstić information content (AvgIpc) is 2.91. The van der Waals surface area contributed by atoms with Crippen molar-refractivity contribution in [2.24, 2.45) is 0 Å². The Morgan fingerprint density at radius 3 is 2.24 bits per heavy atom. The smallest absolute Gasteiger partial charge is 0.264 e. The molecule has 0 aliphatic rings. The topological polar surface area (TPSA) is 86.8 Å². The van der Waals surface area contributed by atoms with Gasteiger partial charge in [-0.25, -0.2) is 8.42 Å². The van der Waals surface area contributed by atoms with Crippen LogP contribution < -0.4 is 9.62 Å². The standard InChI is InChI=1S/C29H34ClN3O4S/c1-5-22(3)31-29(35)23(4)32(19-24-13-9-10-17-27(24)30)28(34)20-33(25-14-11-12-21(2)18-25)38(36,37)26-15-7-6-8-16-26/h6-18,22-23H,5,19-20H2,1-4H3,(H,31,35)/t22-,23+/m1/s1. The Morgan fingerprint density at radius 2 is 1.61 bits per heavy atom. The summed E-state index contributed by atoms with van der Waals surface area (Å²) in [7, 11) is -4.09. The number of carbonyl (C=O) groups excluding carboxylic acids is 2. The first-order valence-corrected chi connectivity index (χ1v) is 14.3. The molecule has 0 bridgehead atoms. The van der Waals surface area contributed by atoms with E-state index in [0.29, 0.717) is 16.3 Å². The SMILES string of the molecule is CC[C@@H](C)NC(=O)[C@H](C)N(Cc1ccccc1Cl)C(=O)CN(c1cccc(C)c1)S(=O)(=O)c1ccccc1. The number of rotatable bonds is 11. The molecule has 0 unspecified atom stereocenters. The molecule has 3 aromatic rings. The van der Waals surface area contributed by atoms with Crippen LogP contribution >= 0.6 is 11.6 Å². The zero-order chi connectivity index (χ0) is 27.9. The molecule has 0 saturated heterocycles. The predicted octanol–water partition coefficient (Wildman–Crippen LogP) is 5.18. The molecular weight excluding hydrogens is 522 g/mol. The maximum absolute atomic E-state index is 13.9. The van der Waals surface area contributed by atoms with E-state index < -0.39 is 28.5 Å². The number of amides is 2. The van der Waals surface area contributed by atoms with Gasteiger partial charge in [0.2, 0.25) is 11.8 Å². The van der Waals surface area contributed by atoms with Crippen LogP contribution in [-0.4, -0.2) is 43.8 Å². The number of hydrogen-bond acceptors (Lipinski definition) is 4. The molecule has 1 N–H and O–H groups in total. The molecule has 3 aromatic carbocycles. The summed E-state index contributed by atoms with van der Waals surface area (Å²) in [6.07, 6.45) is 0.730. The van der Waals surface area contributed by atoms with E-state index in [1.807, 2.05) is 26.8 Å². The molecule has 0 fully saturated rings. The second-order valence-corrected chi connectivity index (χ2v) is 11.5. The molecule has 0 aliphatic heterocycles. The van der Waals surface area contributed by atoms with Gasteiger partial charge in [-0.1, -0.05) is 67.1 Å². The summed E-state index contributed by atoms with van der Waals surface area (Å²) in [4.78, 5) is 28.4. The fraction of sp³-hybridized carbons (Fsp3) is 0.310. The highest BCUT2D eigenvalue weighted by Gasteiger charge is 2.33. The number of hydrogen-bond donors (Lipinski definition) is 1. The van der Waals surface area contributed by atoms with Crippen LogP contribution in [0.25, 0.3) is 0 Å². The highest BCUT2D eigenvalue weighted by atomic mass is 35.5. The molecule has 0 aliphatic carbocycles. The van der Waals surface area contributed by atoms with Crippen molar-refractivity contribution in [1.29, 1.82) is 0 Å². The molecule has 2 amide bonds. The number of sulfonamides is 1. The fourth-order valence-electron chi connectivity index (χ4n) is 3.89. The lowest BCUT2D eigenvalue weighted by atomic mass is 10.1. The van der Waals surface area contributed by atoms with Crippen molar-refractivity contribution >= 4 is 39.1 Å². The van der Waals surface area contributed by atoms with E-state index in [0.717, 1.165) is 16.3 Å². The lowest BCUT2D eigenvalue weighted by Gasteiger charge is -2.32. The molecule has 7 nitrogen and oxygen atoms in total. The fourth-order valence-corrected chi connectivity index (χ4v) is 5.51. The van der Waals surface area contributed by atoms with E-state index >= 15 is 0 Å². The Kier molecular flexibility index (Phi) is 9.94. The van der Waals surface area contributed by atoms with Gasteiger partial charge in [-0.3, -0.25) is 13.9 Å². The number of aryl methyl sites for hydroxylation is 1. The normalized spacial score (nSPS) is 12.9. The zero-order valence-corrected chi connectivity index (χ0v) is 23.7. The Balaban J connectivity index is 2.03. The average molecular weight is 556 g/mol. The van der Waals surface area contributed by atoms with Crippen LogP contribution in [0.2, 0.25) is 5.02 Å². The van der Waals surface area contributed by atoms with Crippen molar-refractivity contribution < 1.29 is 18.0 Å². The first-order valence-electron chi connectivity index (χ1n) is 12.5. The second-order valence-electron chi connectivity index (χ2n) is 9.27. The number of anilines is 1. The molecule has 2 atom stereocenters. The van der Waals surface area contributed by atoms with Crippen LogP contribution in [0.15, 0.2) is 83.8 Å². The van der Waals surface area contributed by atoms with Gasteiger partial charge in [0.05, 0.1) is 10.6 Å². The van der Waals surface area contributed by atoms with E-state index in [-0.39, 0.29) is 23.4 Å². The summed E-state index contributed by atoms with van der Waals surface area (Å²) in [5.74, 6) is -0.856. The van der Waals surface area contributed by atoms with Gasteiger partial charge in [-0.05, 0) is 68.7 Å². The van der Waals surface area contributed by atoms with Crippen molar-refractivity contribution in [2.75, 3.05) is 10.8 Å². The zero-order valence-electron chi connectivity index (χ0n) is 22.1. The summed E-state index contributed by atoms with van der Waals surface area (Å²) in [5.41, 5.74) is 1.85. The number of carbonyl (C=O) groups is 2. The summed E-state index contributed by atoms with van der Waals surface area (Å²) in [6.45, 7) is 6.87. The maximum atomic E-state index is 13.9. The largest absolute Gasteiger partial charge is 0.352 e. The first-order chi connectivity index (χ1) is 18.0. The van der Waals surface area contributed by atoms with Crippen LogP contribution in [0.4, 0.5) is 5.69 Å². The summed E-state index contributed by atoms with van der Waals surface area (Å²) in [6, 6.07) is 21.1. The summed E-state index contributed by atoms with van der Waals surface area (Å²) < 4.78 is 28.6. The third kappa shape index (κ3) is 7.14. The highest BCUT2D eigenvalue weighted by Crippen LogP contribution is 2.26. The molecule has 0 radical (unpaired) electrons. The van der Waals surface area contributed by atoms with Crippen molar-refractivity contribution in [3.63, 3.8) is 0 Å². The van der Waals surface area contributed by atoms with Crippen LogP contribution in [0, 0.1) is 6.92 Å². The van der Waals surface area contributed by atoms with Crippen LogP contribution in [-0.2, 0) is 26.2 Å². The third-order valence-corrected chi connectivity index (χ3v) is 8.52. The lowest BCUT2D eigenvalue weighted by molar-refractivity contribution is -0.139. The number of benzene rings is 3. The lowest BCUT2D eigenvalue weighted by Crippen LogP contribution is -2.52. The Hall–Kier alpha value is -3.36. The van der Waals surface area contributed by atoms with Gasteiger partial charge < -0.3 is 10.2 Å². The van der Waals surface area contributed by atoms with Crippen LogP contribution in [0.1, 0.15) is 38.3 Å². The van der Waals surface area contributed by atoms with Crippen LogP contribution in [0.3, 0.4) is 0 Å². The van der Waals surface area contributed by atoms with Gasteiger partial charge in [0.25, 0.3) is 10.0 Å². The first kappa shape index (κ1) is 29.2. The minimum atomic E-state index is -4.09. The summed E-state index contributed by atoms with van der Waals surface area (Å²) >= 11 is 6.39. The van der Waals surface area contributed by atoms with E-state index in [2.05, 4.69) is 5.32 Å². The Bertz CT molecular complexity index is 1370. The molecule has 0 spiro atoms. The second kappa shape index (κ2) is 12.9. The van der Waals surface area contributed by atoms with Gasteiger partial charge in [-0.2, -0.15) is 0 Å². The highest BCUT2D eigenvalue weighted by molar-refractivity contribution is 7.92. The molecule has 38 heavy (non-hydrogen) atoms. The van der Waals surface area contributed by atoms with Crippen molar-refractivity contribution in [1.82, 2.24) is 10.2 Å². The van der Waals surface area contributed by atoms with E-state index in [1.165, 1.54) is 17.0 Å². The molecule has 0 saturated carbocycles. The van der Waals surface area contributed by atoms with Crippen molar-refractivity contribution in [2.45, 2.75) is 57.6 Å². The van der Waals surface area contributed by atoms with Crippen molar-refractivity contribution in [3.05, 3.63) is 95.0 Å². The van der Waals surface area contributed by atoms with Crippen molar-refractivity contribution in [3.8, 4) is 0 Å². The minimum absolute atomic E-state index is 0.0423. The van der Waals surface area contributed by atoms with Gasteiger partial charge in [0.1, 0.15) is 12.6 Å². The van der Waals surface area contributed by atoms with Gasteiger partial charge in [0, 0.05) is 17.6 Å². The summed E-state index contributed by atoms with van der Waals surface area (Å²) in [5, 5.41) is 3.37. The molecule has 202 valence electrons. The van der Waals surface area contributed by atoms with E-state index in [4.69, 9.17) is 11.6 Å². The third-order valence-electron chi connectivity index (χ3n) is 6.37. The number of halogens is 1. The predicted molar refractivity (Wildman–Crippen MR) is 152 cm³/mol. The molecule has 0 aromatic heterocycles. The molecule has 0 heterocycles. The van der Waals surface area contributed by atoms with Gasteiger partial charge in [-0.15, -0.1) is 0 Å². The quantitative estimate of drug-likeness (QED) is 0.353. The number of nitrogens with zero attached hydrogens (tertiary/aromatic N) is 2. The van der Waals surface area contributed by atoms with E-state index in [1.54, 1.807) is 67.6 Å². The Labute approximate surface area is 230 Å². The molecular formula is C29H34ClN3O4S. The van der Waals surface area contributed by atoms with E-state index in [9.17, 15) is 18.0 Å². The van der Waals surface area contributed by atoms with Gasteiger partial charge in [0.15, 0.2) is 0 Å². The maximum Gasteiger partial charge on any atom is 0.264 e.